The van der Waals surface area contributed by atoms with E-state index >= 15 is 0 Å². The highest BCUT2D eigenvalue weighted by molar-refractivity contribution is 5.47. The Morgan fingerprint density at radius 2 is 1.94 bits per heavy atom. The summed E-state index contributed by atoms with van der Waals surface area (Å²) in [6, 6.07) is 6.32. The van der Waals surface area contributed by atoms with E-state index in [1.54, 1.807) is 0 Å². The molecule has 2 nitrogen and oxygen atoms in total. The fourth-order valence-electron chi connectivity index (χ4n) is 2.67. The Labute approximate surface area is 105 Å². The van der Waals surface area contributed by atoms with E-state index in [2.05, 4.69) is 31.3 Å². The van der Waals surface area contributed by atoms with Crippen LogP contribution in [0.2, 0.25) is 0 Å². The van der Waals surface area contributed by atoms with Gasteiger partial charge in [0, 0.05) is 17.8 Å². The van der Waals surface area contributed by atoms with Gasteiger partial charge in [0.15, 0.2) is 0 Å². The van der Waals surface area contributed by atoms with Gasteiger partial charge in [0.05, 0.1) is 0 Å². The molecule has 0 unspecified atom stereocenters. The Kier molecular flexibility index (Phi) is 3.72. The molecule has 0 spiro atoms. The standard InChI is InChI=1S/C15H24N2/c1-12-10-13(6-7-14(12)16)11-17-15(2)8-4-3-5-9-15/h6-7,10,17H,3-5,8-9,11,16H2,1-2H3. The van der Waals surface area contributed by atoms with Crippen molar-refractivity contribution in [1.82, 2.24) is 5.32 Å². The predicted molar refractivity (Wildman–Crippen MR) is 73.9 cm³/mol. The number of anilines is 1. The highest BCUT2D eigenvalue weighted by atomic mass is 15.0. The van der Waals surface area contributed by atoms with Crippen LogP contribution in [0.4, 0.5) is 5.69 Å². The summed E-state index contributed by atoms with van der Waals surface area (Å²) < 4.78 is 0. The second-order valence-electron chi connectivity index (χ2n) is 5.67. The number of rotatable bonds is 3. The molecule has 0 aliphatic heterocycles. The smallest absolute Gasteiger partial charge is 0.0343 e. The Morgan fingerprint density at radius 3 is 2.59 bits per heavy atom. The molecule has 0 atom stereocenters. The second kappa shape index (κ2) is 5.09. The zero-order chi connectivity index (χ0) is 12.3. The Morgan fingerprint density at radius 1 is 1.24 bits per heavy atom. The average molecular weight is 232 g/mol. The summed E-state index contributed by atoms with van der Waals surface area (Å²) in [5, 5.41) is 3.72. The predicted octanol–water partition coefficient (Wildman–Crippen LogP) is 3.39. The SMILES string of the molecule is Cc1cc(CNC2(C)CCCCC2)ccc1N. The van der Waals surface area contributed by atoms with Crippen molar-refractivity contribution in [3.8, 4) is 0 Å². The van der Waals surface area contributed by atoms with Gasteiger partial charge in [0.25, 0.3) is 0 Å². The highest BCUT2D eigenvalue weighted by Crippen LogP contribution is 2.28. The van der Waals surface area contributed by atoms with Crippen molar-refractivity contribution in [3.63, 3.8) is 0 Å². The Hall–Kier alpha value is -1.02. The van der Waals surface area contributed by atoms with Crippen LogP contribution in [-0.2, 0) is 6.54 Å². The van der Waals surface area contributed by atoms with Gasteiger partial charge in [-0.25, -0.2) is 0 Å². The number of aryl methyl sites for hydroxylation is 1. The molecule has 0 heterocycles. The summed E-state index contributed by atoms with van der Waals surface area (Å²) in [6.45, 7) is 5.38. The third-order valence-electron chi connectivity index (χ3n) is 4.01. The van der Waals surface area contributed by atoms with Crippen LogP contribution in [0.25, 0.3) is 0 Å². The van der Waals surface area contributed by atoms with Gasteiger partial charge in [0.2, 0.25) is 0 Å². The zero-order valence-corrected chi connectivity index (χ0v) is 11.1. The summed E-state index contributed by atoms with van der Waals surface area (Å²) in [7, 11) is 0. The second-order valence-corrected chi connectivity index (χ2v) is 5.67. The maximum absolute atomic E-state index is 5.83. The average Bonchev–Trinajstić information content (AvgIpc) is 2.32. The molecule has 0 radical (unpaired) electrons. The summed E-state index contributed by atoms with van der Waals surface area (Å²) >= 11 is 0. The van der Waals surface area contributed by atoms with Gasteiger partial charge in [-0.1, -0.05) is 31.4 Å². The third-order valence-corrected chi connectivity index (χ3v) is 4.01. The fraction of sp³-hybridized carbons (Fsp3) is 0.600. The summed E-state index contributed by atoms with van der Waals surface area (Å²) in [5.41, 5.74) is 9.58. The first-order valence-corrected chi connectivity index (χ1v) is 6.69. The van der Waals surface area contributed by atoms with Crippen molar-refractivity contribution < 1.29 is 0 Å². The van der Waals surface area contributed by atoms with Crippen LogP contribution >= 0.6 is 0 Å². The van der Waals surface area contributed by atoms with E-state index in [0.29, 0.717) is 5.54 Å². The van der Waals surface area contributed by atoms with Crippen LogP contribution in [0.3, 0.4) is 0 Å². The molecule has 1 aliphatic rings. The van der Waals surface area contributed by atoms with E-state index in [1.807, 2.05) is 6.07 Å². The normalized spacial score (nSPS) is 19.2. The lowest BCUT2D eigenvalue weighted by atomic mass is 9.83. The van der Waals surface area contributed by atoms with E-state index < -0.39 is 0 Å². The van der Waals surface area contributed by atoms with Crippen molar-refractivity contribution in [2.45, 2.75) is 58.0 Å². The summed E-state index contributed by atoms with van der Waals surface area (Å²) in [5.74, 6) is 0. The lowest BCUT2D eigenvalue weighted by Gasteiger charge is -2.35. The number of nitrogen functional groups attached to an aromatic ring is 1. The van der Waals surface area contributed by atoms with E-state index in [1.165, 1.54) is 43.2 Å². The number of hydrogen-bond acceptors (Lipinski definition) is 2. The highest BCUT2D eigenvalue weighted by Gasteiger charge is 2.25. The van der Waals surface area contributed by atoms with Crippen molar-refractivity contribution in [1.29, 1.82) is 0 Å². The van der Waals surface area contributed by atoms with Crippen molar-refractivity contribution in [2.24, 2.45) is 0 Å². The molecular weight excluding hydrogens is 208 g/mol. The van der Waals surface area contributed by atoms with Gasteiger partial charge >= 0.3 is 0 Å². The molecule has 0 bridgehead atoms. The zero-order valence-electron chi connectivity index (χ0n) is 11.1. The molecule has 1 aliphatic carbocycles. The molecule has 0 aromatic heterocycles. The largest absolute Gasteiger partial charge is 0.399 e. The maximum atomic E-state index is 5.83. The van der Waals surface area contributed by atoms with Gasteiger partial charge in [0.1, 0.15) is 0 Å². The van der Waals surface area contributed by atoms with Crippen LogP contribution in [0.15, 0.2) is 18.2 Å². The Bertz CT molecular complexity index is 379. The van der Waals surface area contributed by atoms with E-state index in [-0.39, 0.29) is 0 Å². The van der Waals surface area contributed by atoms with Gasteiger partial charge in [-0.15, -0.1) is 0 Å². The molecule has 17 heavy (non-hydrogen) atoms. The molecule has 1 aromatic carbocycles. The van der Waals surface area contributed by atoms with Crippen LogP contribution < -0.4 is 11.1 Å². The first kappa shape index (κ1) is 12.4. The van der Waals surface area contributed by atoms with Crippen molar-refractivity contribution in [2.75, 3.05) is 5.73 Å². The van der Waals surface area contributed by atoms with E-state index in [9.17, 15) is 0 Å². The molecule has 2 heteroatoms. The molecule has 0 saturated heterocycles. The van der Waals surface area contributed by atoms with Crippen LogP contribution in [0.5, 0.6) is 0 Å². The van der Waals surface area contributed by atoms with E-state index in [0.717, 1.165) is 12.2 Å². The molecular formula is C15H24N2. The number of benzene rings is 1. The monoisotopic (exact) mass is 232 g/mol. The van der Waals surface area contributed by atoms with Gasteiger partial charge < -0.3 is 11.1 Å². The Balaban J connectivity index is 1.94. The third kappa shape index (κ3) is 3.22. The first-order chi connectivity index (χ1) is 8.09. The van der Waals surface area contributed by atoms with Crippen LogP contribution in [0, 0.1) is 6.92 Å². The molecule has 1 aromatic rings. The molecule has 0 amide bonds. The molecule has 1 saturated carbocycles. The lowest BCUT2D eigenvalue weighted by Crippen LogP contribution is -2.43. The molecule has 94 valence electrons. The molecule has 3 N–H and O–H groups in total. The topological polar surface area (TPSA) is 38.0 Å². The maximum Gasteiger partial charge on any atom is 0.0343 e. The number of nitrogens with two attached hydrogens (primary N) is 1. The van der Waals surface area contributed by atoms with Gasteiger partial charge in [-0.05, 0) is 43.9 Å². The minimum atomic E-state index is 0.341. The van der Waals surface area contributed by atoms with E-state index in [4.69, 9.17) is 5.73 Å². The fourth-order valence-corrected chi connectivity index (χ4v) is 2.67. The molecule has 1 fully saturated rings. The quantitative estimate of drug-likeness (QED) is 0.784. The van der Waals surface area contributed by atoms with Crippen molar-refractivity contribution >= 4 is 5.69 Å². The first-order valence-electron chi connectivity index (χ1n) is 6.69. The van der Waals surface area contributed by atoms with Gasteiger partial charge in [-0.2, -0.15) is 0 Å². The van der Waals surface area contributed by atoms with Crippen molar-refractivity contribution in [3.05, 3.63) is 29.3 Å². The number of nitrogens with one attached hydrogen (secondary N) is 1. The minimum Gasteiger partial charge on any atom is -0.399 e. The number of hydrogen-bond donors (Lipinski definition) is 2. The summed E-state index contributed by atoms with van der Waals surface area (Å²) in [4.78, 5) is 0. The molecule has 2 rings (SSSR count). The van der Waals surface area contributed by atoms with Crippen LogP contribution in [-0.4, -0.2) is 5.54 Å². The summed E-state index contributed by atoms with van der Waals surface area (Å²) in [6.07, 6.45) is 6.74. The lowest BCUT2D eigenvalue weighted by molar-refractivity contribution is 0.252. The van der Waals surface area contributed by atoms with Crippen LogP contribution in [0.1, 0.15) is 50.2 Å². The van der Waals surface area contributed by atoms with Gasteiger partial charge in [-0.3, -0.25) is 0 Å². The minimum absolute atomic E-state index is 0.341.